The molecule has 5 heteroatoms. The first-order valence-electron chi connectivity index (χ1n) is 10.8. The predicted molar refractivity (Wildman–Crippen MR) is 117 cm³/mol. The van der Waals surface area contributed by atoms with E-state index in [0.717, 1.165) is 49.6 Å². The Labute approximate surface area is 177 Å². The lowest BCUT2D eigenvalue weighted by Gasteiger charge is -2.36. The molecule has 2 aliphatic rings. The van der Waals surface area contributed by atoms with Gasteiger partial charge in [-0.3, -0.25) is 4.90 Å². The minimum atomic E-state index is -0.330. The van der Waals surface area contributed by atoms with Crippen LogP contribution in [0, 0.1) is 11.8 Å². The van der Waals surface area contributed by atoms with Crippen molar-refractivity contribution in [2.75, 3.05) is 20.2 Å². The molecule has 5 rings (SSSR count). The molecule has 30 heavy (non-hydrogen) atoms. The summed E-state index contributed by atoms with van der Waals surface area (Å²) in [7, 11) is 1.70. The van der Waals surface area contributed by atoms with E-state index in [1.807, 2.05) is 42.7 Å². The number of hydrogen-bond donors (Lipinski definition) is 1. The van der Waals surface area contributed by atoms with Crippen molar-refractivity contribution in [2.24, 2.45) is 11.8 Å². The molecule has 1 aromatic heterocycles. The van der Waals surface area contributed by atoms with Crippen LogP contribution in [0.2, 0.25) is 0 Å². The van der Waals surface area contributed by atoms with Crippen LogP contribution >= 0.6 is 0 Å². The lowest BCUT2D eigenvalue weighted by Crippen LogP contribution is -2.36. The van der Waals surface area contributed by atoms with Crippen molar-refractivity contribution >= 4 is 0 Å². The largest absolute Gasteiger partial charge is 0.497 e. The molecule has 0 unspecified atom stereocenters. The van der Waals surface area contributed by atoms with Gasteiger partial charge in [-0.2, -0.15) is 0 Å². The van der Waals surface area contributed by atoms with E-state index in [-0.39, 0.29) is 12.1 Å². The minimum absolute atomic E-state index is 0.0879. The summed E-state index contributed by atoms with van der Waals surface area (Å²) in [4.78, 5) is 7.14. The molecule has 1 aliphatic carbocycles. The fraction of sp³-hybridized carbons (Fsp3) is 0.400. The Hall–Kier alpha value is -2.63. The second-order valence-electron chi connectivity index (χ2n) is 8.69. The van der Waals surface area contributed by atoms with Crippen molar-refractivity contribution in [2.45, 2.75) is 31.5 Å². The summed E-state index contributed by atoms with van der Waals surface area (Å²) >= 11 is 0. The van der Waals surface area contributed by atoms with Crippen molar-refractivity contribution in [3.63, 3.8) is 0 Å². The van der Waals surface area contributed by atoms with Gasteiger partial charge >= 0.3 is 0 Å². The highest BCUT2D eigenvalue weighted by Crippen LogP contribution is 2.42. The topological polar surface area (TPSA) is 50.5 Å². The van der Waals surface area contributed by atoms with Crippen LogP contribution in [0.25, 0.3) is 11.4 Å². The summed E-state index contributed by atoms with van der Waals surface area (Å²) < 4.78 is 7.46. The van der Waals surface area contributed by atoms with Gasteiger partial charge in [0.1, 0.15) is 11.6 Å². The third-order valence-electron chi connectivity index (χ3n) is 6.81. The van der Waals surface area contributed by atoms with Crippen LogP contribution in [0.5, 0.6) is 5.75 Å². The van der Waals surface area contributed by atoms with Crippen LogP contribution in [-0.4, -0.2) is 45.9 Å². The van der Waals surface area contributed by atoms with Crippen molar-refractivity contribution in [1.29, 1.82) is 0 Å². The molecule has 1 saturated carbocycles. The zero-order valence-corrected chi connectivity index (χ0v) is 17.4. The molecule has 2 fully saturated rings. The van der Waals surface area contributed by atoms with Gasteiger partial charge in [0.05, 0.1) is 19.3 Å². The Balaban J connectivity index is 1.29. The first-order chi connectivity index (χ1) is 14.7. The predicted octanol–water partition coefficient (Wildman–Crippen LogP) is 4.00. The van der Waals surface area contributed by atoms with Gasteiger partial charge in [0.2, 0.25) is 0 Å². The molecule has 3 aromatic rings. The van der Waals surface area contributed by atoms with E-state index in [0.29, 0.717) is 11.8 Å². The summed E-state index contributed by atoms with van der Waals surface area (Å²) in [5.74, 6) is 3.03. The Morgan fingerprint density at radius 3 is 2.47 bits per heavy atom. The lowest BCUT2D eigenvalue weighted by molar-refractivity contribution is 0.0365. The Morgan fingerprint density at radius 2 is 1.73 bits per heavy atom. The van der Waals surface area contributed by atoms with Crippen molar-refractivity contribution in [3.8, 4) is 17.1 Å². The summed E-state index contributed by atoms with van der Waals surface area (Å²) in [5.41, 5.74) is 2.41. The molecule has 1 N–H and O–H groups in total. The van der Waals surface area contributed by atoms with E-state index in [4.69, 9.17) is 4.74 Å². The number of imidazole rings is 1. The molecule has 2 heterocycles. The normalized spacial score (nSPS) is 26.5. The highest BCUT2D eigenvalue weighted by Gasteiger charge is 2.42. The molecule has 0 bridgehead atoms. The number of methoxy groups -OCH3 is 1. The highest BCUT2D eigenvalue weighted by molar-refractivity contribution is 5.55. The van der Waals surface area contributed by atoms with Gasteiger partial charge in [-0.05, 0) is 42.4 Å². The van der Waals surface area contributed by atoms with Crippen LogP contribution in [0.1, 0.15) is 24.4 Å². The van der Waals surface area contributed by atoms with E-state index in [2.05, 4.69) is 38.7 Å². The maximum atomic E-state index is 11.0. The van der Waals surface area contributed by atoms with Gasteiger partial charge < -0.3 is 14.4 Å². The van der Waals surface area contributed by atoms with Gasteiger partial charge in [-0.15, -0.1) is 0 Å². The van der Waals surface area contributed by atoms with Crippen LogP contribution < -0.4 is 4.74 Å². The van der Waals surface area contributed by atoms with Crippen LogP contribution in [0.4, 0.5) is 0 Å². The van der Waals surface area contributed by atoms with Crippen LogP contribution in [0.15, 0.2) is 67.0 Å². The van der Waals surface area contributed by atoms with Crippen LogP contribution in [0.3, 0.4) is 0 Å². The van der Waals surface area contributed by atoms with E-state index in [9.17, 15) is 5.11 Å². The number of aromatic nitrogens is 2. The first kappa shape index (κ1) is 19.3. The minimum Gasteiger partial charge on any atom is -0.497 e. The SMILES string of the molecule is COc1ccc(CN2C[C@H]3C[C@H](O)[C@@H](n4ccnc4-c4ccccc4)C[C@H]3C2)cc1. The zero-order valence-electron chi connectivity index (χ0n) is 17.4. The second kappa shape index (κ2) is 8.25. The molecular formula is C25H29N3O2. The molecule has 1 aliphatic heterocycles. The molecule has 2 aromatic carbocycles. The molecule has 0 radical (unpaired) electrons. The number of ether oxygens (including phenoxy) is 1. The fourth-order valence-electron chi connectivity index (χ4n) is 5.31. The van der Waals surface area contributed by atoms with E-state index in [1.165, 1.54) is 5.56 Å². The third kappa shape index (κ3) is 3.75. The average Bonchev–Trinajstić information content (AvgIpc) is 3.40. The van der Waals surface area contributed by atoms with Crippen LogP contribution in [-0.2, 0) is 6.54 Å². The highest BCUT2D eigenvalue weighted by atomic mass is 16.5. The quantitative estimate of drug-likeness (QED) is 0.700. The van der Waals surface area contributed by atoms with E-state index in [1.54, 1.807) is 7.11 Å². The van der Waals surface area contributed by atoms with Gasteiger partial charge in [-0.25, -0.2) is 4.98 Å². The average molecular weight is 404 g/mol. The van der Waals surface area contributed by atoms with Crippen molar-refractivity contribution in [3.05, 3.63) is 72.6 Å². The monoisotopic (exact) mass is 403 g/mol. The Morgan fingerprint density at radius 1 is 1.00 bits per heavy atom. The number of likely N-dealkylation sites (tertiary alicyclic amines) is 1. The molecular weight excluding hydrogens is 374 g/mol. The van der Waals surface area contributed by atoms with Gasteiger partial charge in [-0.1, -0.05) is 42.5 Å². The summed E-state index contributed by atoms with van der Waals surface area (Å²) in [6.45, 7) is 3.11. The maximum Gasteiger partial charge on any atom is 0.140 e. The number of aliphatic hydroxyl groups excluding tert-OH is 1. The number of rotatable bonds is 5. The summed E-state index contributed by atoms with van der Waals surface area (Å²) in [6.07, 6.45) is 5.41. The molecule has 156 valence electrons. The summed E-state index contributed by atoms with van der Waals surface area (Å²) in [6, 6.07) is 18.7. The van der Waals surface area contributed by atoms with Crippen molar-refractivity contribution in [1.82, 2.24) is 14.5 Å². The third-order valence-corrected chi connectivity index (χ3v) is 6.81. The standard InChI is InChI=1S/C25H29N3O2/c1-30-22-9-7-18(8-10-22)15-27-16-20-13-23(24(29)14-21(20)17-27)28-12-11-26-25(28)19-5-3-2-4-6-19/h2-12,20-21,23-24,29H,13-17H2,1H3/t20-,21+,23-,24-/m0/s1. The number of hydrogen-bond acceptors (Lipinski definition) is 4. The lowest BCUT2D eigenvalue weighted by atomic mass is 9.77. The molecule has 0 spiro atoms. The van der Waals surface area contributed by atoms with E-state index < -0.39 is 0 Å². The molecule has 1 saturated heterocycles. The van der Waals surface area contributed by atoms with Gasteiger partial charge in [0, 0.05) is 37.6 Å². The number of fused-ring (bicyclic) bond motifs is 1. The van der Waals surface area contributed by atoms with Gasteiger partial charge in [0.25, 0.3) is 0 Å². The second-order valence-corrected chi connectivity index (χ2v) is 8.69. The molecule has 5 nitrogen and oxygen atoms in total. The fourth-order valence-corrected chi connectivity index (χ4v) is 5.31. The number of aliphatic hydroxyl groups is 1. The zero-order chi connectivity index (χ0) is 20.5. The molecule has 4 atom stereocenters. The first-order valence-corrected chi connectivity index (χ1v) is 10.8. The Kier molecular flexibility index (Phi) is 5.32. The molecule has 0 amide bonds. The van der Waals surface area contributed by atoms with Gasteiger partial charge in [0.15, 0.2) is 0 Å². The van der Waals surface area contributed by atoms with Crippen molar-refractivity contribution < 1.29 is 9.84 Å². The number of nitrogens with zero attached hydrogens (tertiary/aromatic N) is 3. The maximum absolute atomic E-state index is 11.0. The number of benzene rings is 2. The summed E-state index contributed by atoms with van der Waals surface area (Å²) in [5, 5.41) is 11.0. The smallest absolute Gasteiger partial charge is 0.140 e. The Bertz CT molecular complexity index is 970. The van der Waals surface area contributed by atoms with E-state index >= 15 is 0 Å².